The van der Waals surface area contributed by atoms with Gasteiger partial charge in [0, 0.05) is 22.3 Å². The van der Waals surface area contributed by atoms with E-state index >= 15 is 0 Å². The second kappa shape index (κ2) is 5.93. The maximum absolute atomic E-state index is 12.1. The lowest BCUT2D eigenvalue weighted by Gasteiger charge is -2.15. The first kappa shape index (κ1) is 14.2. The van der Waals surface area contributed by atoms with Gasteiger partial charge in [-0.15, -0.1) is 0 Å². The summed E-state index contributed by atoms with van der Waals surface area (Å²) in [4.78, 5) is 13.8. The van der Waals surface area contributed by atoms with E-state index in [0.717, 1.165) is 25.9 Å². The Labute approximate surface area is 137 Å². The largest absolute Gasteiger partial charge is 0.445 e. The lowest BCUT2D eigenvalue weighted by Crippen LogP contribution is -2.25. The van der Waals surface area contributed by atoms with Crippen molar-refractivity contribution in [2.75, 3.05) is 5.73 Å². The van der Waals surface area contributed by atoms with Crippen LogP contribution in [0.5, 0.6) is 0 Å². The number of hydrogen-bond donors (Lipinski definition) is 1. The van der Waals surface area contributed by atoms with Crippen LogP contribution >= 0.6 is 22.6 Å². The average molecular weight is 394 g/mol. The molecule has 108 valence electrons. The Bertz CT molecular complexity index is 642. The minimum atomic E-state index is -0.288. The van der Waals surface area contributed by atoms with Crippen molar-refractivity contribution in [3.05, 3.63) is 62.7 Å². The molecule has 1 amide bonds. The first-order chi connectivity index (χ1) is 10.1. The highest BCUT2D eigenvalue weighted by atomic mass is 127. The minimum absolute atomic E-state index is 0.288. The number of anilines is 1. The Morgan fingerprint density at radius 1 is 1.19 bits per heavy atom. The first-order valence-electron chi connectivity index (χ1n) is 6.66. The highest BCUT2D eigenvalue weighted by molar-refractivity contribution is 14.1. The van der Waals surface area contributed by atoms with Crippen molar-refractivity contribution in [2.24, 2.45) is 0 Å². The van der Waals surface area contributed by atoms with Gasteiger partial charge in [0.1, 0.15) is 6.61 Å². The summed E-state index contributed by atoms with van der Waals surface area (Å²) < 4.78 is 6.38. The smallest absolute Gasteiger partial charge is 0.410 e. The predicted octanol–water partition coefficient (Wildman–Crippen LogP) is 3.53. The van der Waals surface area contributed by atoms with Crippen LogP contribution in [0.25, 0.3) is 0 Å². The number of ether oxygens (including phenoxy) is 1. The van der Waals surface area contributed by atoms with Crippen LogP contribution < -0.4 is 5.73 Å². The molecule has 1 aliphatic rings. The lowest BCUT2D eigenvalue weighted by atomic mass is 10.1. The molecule has 2 aromatic carbocycles. The van der Waals surface area contributed by atoms with Crippen LogP contribution in [-0.2, 0) is 24.4 Å². The molecule has 0 radical (unpaired) electrons. The highest BCUT2D eigenvalue weighted by Crippen LogP contribution is 2.28. The number of hydrogen-bond acceptors (Lipinski definition) is 3. The quantitative estimate of drug-likeness (QED) is 0.627. The third-order valence-corrected chi connectivity index (χ3v) is 4.44. The summed E-state index contributed by atoms with van der Waals surface area (Å²) in [5.74, 6) is 0. The lowest BCUT2D eigenvalue weighted by molar-refractivity contribution is 0.0955. The van der Waals surface area contributed by atoms with E-state index < -0.39 is 0 Å². The molecule has 5 heteroatoms. The average Bonchev–Trinajstić information content (AvgIpc) is 2.89. The van der Waals surface area contributed by atoms with Crippen molar-refractivity contribution in [3.63, 3.8) is 0 Å². The predicted molar refractivity (Wildman–Crippen MR) is 89.4 cm³/mol. The minimum Gasteiger partial charge on any atom is -0.445 e. The van der Waals surface area contributed by atoms with Crippen LogP contribution in [0.15, 0.2) is 42.5 Å². The molecule has 0 saturated carbocycles. The fourth-order valence-corrected chi connectivity index (χ4v) is 2.91. The second-order valence-electron chi connectivity index (χ2n) is 5.04. The van der Waals surface area contributed by atoms with Crippen LogP contribution in [0.3, 0.4) is 0 Å². The standard InChI is InChI=1S/C16H15IN2O2/c17-14-6-12-8-19(9-13(12)7-15(14)18)16(20)21-10-11-4-2-1-3-5-11/h1-7H,8-10,18H2. The van der Waals surface area contributed by atoms with Crippen molar-refractivity contribution in [1.82, 2.24) is 4.90 Å². The van der Waals surface area contributed by atoms with Crippen molar-refractivity contribution in [1.29, 1.82) is 0 Å². The molecule has 2 aromatic rings. The first-order valence-corrected chi connectivity index (χ1v) is 7.74. The molecule has 2 N–H and O–H groups in total. The van der Waals surface area contributed by atoms with Crippen LogP contribution in [0.1, 0.15) is 16.7 Å². The van der Waals surface area contributed by atoms with Gasteiger partial charge in [-0.3, -0.25) is 4.90 Å². The molecule has 0 unspecified atom stereocenters. The summed E-state index contributed by atoms with van der Waals surface area (Å²) >= 11 is 2.21. The van der Waals surface area contributed by atoms with Gasteiger partial charge in [0.25, 0.3) is 0 Å². The fraction of sp³-hybridized carbons (Fsp3) is 0.188. The highest BCUT2D eigenvalue weighted by Gasteiger charge is 2.25. The SMILES string of the molecule is Nc1cc2c(cc1I)CN(C(=O)OCc1ccccc1)C2. The third-order valence-electron chi connectivity index (χ3n) is 3.50. The van der Waals surface area contributed by atoms with Gasteiger partial charge in [-0.25, -0.2) is 4.79 Å². The Kier molecular flexibility index (Phi) is 4.01. The van der Waals surface area contributed by atoms with E-state index in [9.17, 15) is 4.79 Å². The van der Waals surface area contributed by atoms with Gasteiger partial charge in [-0.1, -0.05) is 30.3 Å². The van der Waals surface area contributed by atoms with Gasteiger partial charge >= 0.3 is 6.09 Å². The van der Waals surface area contributed by atoms with Crippen LogP contribution in [0, 0.1) is 3.57 Å². The zero-order valence-electron chi connectivity index (χ0n) is 11.4. The Morgan fingerprint density at radius 2 is 1.86 bits per heavy atom. The fourth-order valence-electron chi connectivity index (χ4n) is 2.38. The molecule has 0 fully saturated rings. The molecule has 0 spiro atoms. The molecule has 0 atom stereocenters. The van der Waals surface area contributed by atoms with E-state index in [1.54, 1.807) is 4.90 Å². The number of benzene rings is 2. The molecule has 0 aromatic heterocycles. The molecule has 0 aliphatic carbocycles. The summed E-state index contributed by atoms with van der Waals surface area (Å²) in [5.41, 5.74) is 9.90. The molecule has 4 nitrogen and oxygen atoms in total. The molecule has 3 rings (SSSR count). The van der Waals surface area contributed by atoms with Crippen LogP contribution in [-0.4, -0.2) is 11.0 Å². The molecule has 21 heavy (non-hydrogen) atoms. The van der Waals surface area contributed by atoms with Crippen molar-refractivity contribution < 1.29 is 9.53 Å². The number of carbonyl (C=O) groups excluding carboxylic acids is 1. The number of amides is 1. The summed E-state index contributed by atoms with van der Waals surface area (Å²) in [6.07, 6.45) is -0.288. The maximum atomic E-state index is 12.1. The molecule has 1 aliphatic heterocycles. The zero-order chi connectivity index (χ0) is 14.8. The number of rotatable bonds is 2. The molecular weight excluding hydrogens is 379 g/mol. The van der Waals surface area contributed by atoms with E-state index in [-0.39, 0.29) is 6.09 Å². The van der Waals surface area contributed by atoms with Crippen LogP contribution in [0.2, 0.25) is 0 Å². The van der Waals surface area contributed by atoms with Gasteiger partial charge in [-0.05, 0) is 51.4 Å². The van der Waals surface area contributed by atoms with Gasteiger partial charge < -0.3 is 10.5 Å². The number of fused-ring (bicyclic) bond motifs is 1. The maximum Gasteiger partial charge on any atom is 0.410 e. The van der Waals surface area contributed by atoms with E-state index in [4.69, 9.17) is 10.5 Å². The third kappa shape index (κ3) is 3.12. The van der Waals surface area contributed by atoms with Crippen LogP contribution in [0.4, 0.5) is 10.5 Å². The molecule has 1 heterocycles. The Balaban J connectivity index is 1.63. The summed E-state index contributed by atoms with van der Waals surface area (Å²) in [6.45, 7) is 1.44. The number of halogens is 1. The van der Waals surface area contributed by atoms with E-state index in [1.165, 1.54) is 0 Å². The van der Waals surface area contributed by atoms with Crippen molar-refractivity contribution in [2.45, 2.75) is 19.7 Å². The number of nitrogens with zero attached hydrogens (tertiary/aromatic N) is 1. The molecule has 0 bridgehead atoms. The number of nitrogens with two attached hydrogens (primary N) is 1. The molecule has 0 saturated heterocycles. The Morgan fingerprint density at radius 3 is 2.57 bits per heavy atom. The number of nitrogen functional groups attached to an aromatic ring is 1. The van der Waals surface area contributed by atoms with E-state index in [0.29, 0.717) is 19.7 Å². The summed E-state index contributed by atoms with van der Waals surface area (Å²) in [5, 5.41) is 0. The summed E-state index contributed by atoms with van der Waals surface area (Å²) in [7, 11) is 0. The normalized spacial score (nSPS) is 13.1. The second-order valence-corrected chi connectivity index (χ2v) is 6.20. The van der Waals surface area contributed by atoms with Gasteiger partial charge in [-0.2, -0.15) is 0 Å². The van der Waals surface area contributed by atoms with Gasteiger partial charge in [0.2, 0.25) is 0 Å². The van der Waals surface area contributed by atoms with Crippen molar-refractivity contribution >= 4 is 34.4 Å². The van der Waals surface area contributed by atoms with Crippen molar-refractivity contribution in [3.8, 4) is 0 Å². The van der Waals surface area contributed by atoms with E-state index in [1.807, 2.05) is 42.5 Å². The summed E-state index contributed by atoms with van der Waals surface area (Å²) in [6, 6.07) is 13.7. The topological polar surface area (TPSA) is 55.6 Å². The van der Waals surface area contributed by atoms with Gasteiger partial charge in [0.15, 0.2) is 0 Å². The monoisotopic (exact) mass is 394 g/mol. The Hall–Kier alpha value is -1.76. The number of carbonyl (C=O) groups is 1. The molecular formula is C16H15IN2O2. The zero-order valence-corrected chi connectivity index (χ0v) is 13.5. The van der Waals surface area contributed by atoms with Gasteiger partial charge in [0.05, 0.1) is 0 Å². The van der Waals surface area contributed by atoms with E-state index in [2.05, 4.69) is 22.6 Å².